The SMILES string of the molecule is CC(=O)/C=C(/Nc1cccc(Cl)c1)c1ccccc1. The van der Waals surface area contributed by atoms with Crippen LogP contribution in [0, 0.1) is 0 Å². The van der Waals surface area contributed by atoms with Crippen LogP contribution < -0.4 is 5.32 Å². The summed E-state index contributed by atoms with van der Waals surface area (Å²) in [5.74, 6) is -0.00613. The fraction of sp³-hybridized carbons (Fsp3) is 0.0625. The van der Waals surface area contributed by atoms with Crippen molar-refractivity contribution in [1.82, 2.24) is 0 Å². The zero-order chi connectivity index (χ0) is 13.7. The second-order valence-corrected chi connectivity index (χ2v) is 4.61. The number of ketones is 1. The molecule has 0 aliphatic carbocycles. The molecule has 2 aromatic rings. The Labute approximate surface area is 117 Å². The van der Waals surface area contributed by atoms with Crippen molar-refractivity contribution in [3.05, 3.63) is 71.3 Å². The van der Waals surface area contributed by atoms with Crippen molar-refractivity contribution in [3.8, 4) is 0 Å². The maximum atomic E-state index is 11.3. The van der Waals surface area contributed by atoms with Crippen LogP contribution in [0.15, 0.2) is 60.7 Å². The molecular weight excluding hydrogens is 258 g/mol. The summed E-state index contributed by atoms with van der Waals surface area (Å²) < 4.78 is 0. The predicted molar refractivity (Wildman–Crippen MR) is 80.2 cm³/mol. The number of nitrogens with one attached hydrogen (secondary N) is 1. The van der Waals surface area contributed by atoms with Gasteiger partial charge in [0.05, 0.1) is 0 Å². The molecule has 0 bridgehead atoms. The summed E-state index contributed by atoms with van der Waals surface area (Å²) in [6.07, 6.45) is 1.58. The van der Waals surface area contributed by atoms with Crippen LogP contribution in [0.25, 0.3) is 5.70 Å². The molecule has 2 rings (SSSR count). The van der Waals surface area contributed by atoms with Crippen LogP contribution >= 0.6 is 11.6 Å². The van der Waals surface area contributed by atoms with Crippen molar-refractivity contribution in [2.45, 2.75) is 6.92 Å². The fourth-order valence-electron chi connectivity index (χ4n) is 1.73. The molecule has 0 radical (unpaired) electrons. The summed E-state index contributed by atoms with van der Waals surface area (Å²) in [6, 6.07) is 17.1. The lowest BCUT2D eigenvalue weighted by Crippen LogP contribution is -2.01. The first-order valence-electron chi connectivity index (χ1n) is 5.95. The maximum absolute atomic E-state index is 11.3. The van der Waals surface area contributed by atoms with Crippen molar-refractivity contribution in [1.29, 1.82) is 0 Å². The molecule has 0 saturated heterocycles. The Hall–Kier alpha value is -2.06. The fourth-order valence-corrected chi connectivity index (χ4v) is 1.92. The molecule has 2 aromatic carbocycles. The molecular formula is C16H14ClNO. The van der Waals surface area contributed by atoms with Crippen LogP contribution in [-0.2, 0) is 4.79 Å². The van der Waals surface area contributed by atoms with Gasteiger partial charge in [-0.15, -0.1) is 0 Å². The second kappa shape index (κ2) is 6.21. The Kier molecular flexibility index (Phi) is 4.37. The van der Waals surface area contributed by atoms with E-state index >= 15 is 0 Å². The highest BCUT2D eigenvalue weighted by Crippen LogP contribution is 2.21. The minimum absolute atomic E-state index is 0.00613. The van der Waals surface area contributed by atoms with E-state index in [4.69, 9.17) is 11.6 Å². The Morgan fingerprint density at radius 3 is 2.47 bits per heavy atom. The van der Waals surface area contributed by atoms with E-state index in [0.29, 0.717) is 5.02 Å². The maximum Gasteiger partial charge on any atom is 0.154 e. The lowest BCUT2D eigenvalue weighted by Gasteiger charge is -2.11. The Bertz CT molecular complexity index is 605. The second-order valence-electron chi connectivity index (χ2n) is 4.17. The molecule has 0 amide bonds. The van der Waals surface area contributed by atoms with E-state index in [1.807, 2.05) is 54.6 Å². The molecule has 2 nitrogen and oxygen atoms in total. The van der Waals surface area contributed by atoms with Crippen LogP contribution in [0.4, 0.5) is 5.69 Å². The van der Waals surface area contributed by atoms with Crippen molar-refractivity contribution >= 4 is 28.8 Å². The van der Waals surface area contributed by atoms with Gasteiger partial charge in [0, 0.05) is 22.5 Å². The topological polar surface area (TPSA) is 29.1 Å². The number of rotatable bonds is 4. The van der Waals surface area contributed by atoms with Crippen molar-refractivity contribution in [2.75, 3.05) is 5.32 Å². The van der Waals surface area contributed by atoms with Crippen LogP contribution in [0.1, 0.15) is 12.5 Å². The first-order valence-corrected chi connectivity index (χ1v) is 6.33. The molecule has 0 aliphatic heterocycles. The molecule has 0 fully saturated rings. The molecule has 0 unspecified atom stereocenters. The largest absolute Gasteiger partial charge is 0.355 e. The Morgan fingerprint density at radius 2 is 1.84 bits per heavy atom. The molecule has 96 valence electrons. The molecule has 0 aromatic heterocycles. The Morgan fingerprint density at radius 1 is 1.11 bits per heavy atom. The number of allylic oxidation sites excluding steroid dienone is 1. The van der Waals surface area contributed by atoms with Gasteiger partial charge in [-0.3, -0.25) is 4.79 Å². The number of carbonyl (C=O) groups excluding carboxylic acids is 1. The van der Waals surface area contributed by atoms with Crippen LogP contribution in [0.2, 0.25) is 5.02 Å². The summed E-state index contributed by atoms with van der Waals surface area (Å²) in [6.45, 7) is 1.53. The van der Waals surface area contributed by atoms with Gasteiger partial charge < -0.3 is 5.32 Å². The summed E-state index contributed by atoms with van der Waals surface area (Å²) in [5.41, 5.74) is 2.57. The number of anilines is 1. The van der Waals surface area contributed by atoms with Gasteiger partial charge in [0.15, 0.2) is 5.78 Å². The third kappa shape index (κ3) is 3.97. The first-order chi connectivity index (χ1) is 9.15. The van der Waals surface area contributed by atoms with Crippen molar-refractivity contribution < 1.29 is 4.79 Å². The smallest absolute Gasteiger partial charge is 0.154 e. The number of hydrogen-bond acceptors (Lipinski definition) is 2. The van der Waals surface area contributed by atoms with Gasteiger partial charge in [-0.1, -0.05) is 48.0 Å². The monoisotopic (exact) mass is 271 g/mol. The quantitative estimate of drug-likeness (QED) is 0.836. The molecule has 0 saturated carbocycles. The zero-order valence-electron chi connectivity index (χ0n) is 10.6. The average molecular weight is 272 g/mol. The summed E-state index contributed by atoms with van der Waals surface area (Å²) in [7, 11) is 0. The average Bonchev–Trinajstić information content (AvgIpc) is 2.38. The van der Waals surface area contributed by atoms with E-state index in [-0.39, 0.29) is 5.78 Å². The van der Waals surface area contributed by atoms with E-state index in [9.17, 15) is 4.79 Å². The number of benzene rings is 2. The van der Waals surface area contributed by atoms with Gasteiger partial charge in [0.25, 0.3) is 0 Å². The number of halogens is 1. The van der Waals surface area contributed by atoms with Gasteiger partial charge in [0.2, 0.25) is 0 Å². The molecule has 19 heavy (non-hydrogen) atoms. The lowest BCUT2D eigenvalue weighted by molar-refractivity contribution is -0.112. The molecule has 0 heterocycles. The van der Waals surface area contributed by atoms with Crippen molar-refractivity contribution in [3.63, 3.8) is 0 Å². The summed E-state index contributed by atoms with van der Waals surface area (Å²) >= 11 is 5.95. The molecule has 0 aliphatic rings. The highest BCUT2D eigenvalue weighted by Gasteiger charge is 2.03. The van der Waals surface area contributed by atoms with Gasteiger partial charge in [-0.25, -0.2) is 0 Å². The number of hydrogen-bond donors (Lipinski definition) is 1. The van der Waals surface area contributed by atoms with E-state index in [0.717, 1.165) is 16.9 Å². The third-order valence-corrected chi connectivity index (χ3v) is 2.77. The molecule has 0 atom stereocenters. The minimum Gasteiger partial charge on any atom is -0.355 e. The predicted octanol–water partition coefficient (Wildman–Crippen LogP) is 4.38. The molecule has 1 N–H and O–H groups in total. The summed E-state index contributed by atoms with van der Waals surface area (Å²) in [4.78, 5) is 11.3. The van der Waals surface area contributed by atoms with E-state index in [1.165, 1.54) is 6.92 Å². The lowest BCUT2D eigenvalue weighted by atomic mass is 10.1. The molecule has 3 heteroatoms. The number of carbonyl (C=O) groups is 1. The minimum atomic E-state index is -0.00613. The first kappa shape index (κ1) is 13.4. The van der Waals surface area contributed by atoms with Crippen LogP contribution in [-0.4, -0.2) is 5.78 Å². The Balaban J connectivity index is 2.33. The zero-order valence-corrected chi connectivity index (χ0v) is 11.3. The third-order valence-electron chi connectivity index (χ3n) is 2.54. The standard InChI is InChI=1S/C16H14ClNO/c1-12(19)10-16(13-6-3-2-4-7-13)18-15-9-5-8-14(17)11-15/h2-11,18H,1H3/b16-10+. The van der Waals surface area contributed by atoms with Gasteiger partial charge in [-0.05, 0) is 30.7 Å². The van der Waals surface area contributed by atoms with Crippen molar-refractivity contribution in [2.24, 2.45) is 0 Å². The van der Waals surface area contributed by atoms with Gasteiger partial charge >= 0.3 is 0 Å². The van der Waals surface area contributed by atoms with E-state index in [1.54, 1.807) is 6.08 Å². The van der Waals surface area contributed by atoms with E-state index < -0.39 is 0 Å². The highest BCUT2D eigenvalue weighted by atomic mass is 35.5. The molecule has 0 spiro atoms. The highest BCUT2D eigenvalue weighted by molar-refractivity contribution is 6.30. The van der Waals surface area contributed by atoms with Crippen LogP contribution in [0.5, 0.6) is 0 Å². The van der Waals surface area contributed by atoms with E-state index in [2.05, 4.69) is 5.32 Å². The van der Waals surface area contributed by atoms with Gasteiger partial charge in [-0.2, -0.15) is 0 Å². The van der Waals surface area contributed by atoms with Crippen LogP contribution in [0.3, 0.4) is 0 Å². The van der Waals surface area contributed by atoms with Gasteiger partial charge in [0.1, 0.15) is 0 Å². The normalized spacial score (nSPS) is 11.2. The summed E-state index contributed by atoms with van der Waals surface area (Å²) in [5, 5.41) is 3.88.